The van der Waals surface area contributed by atoms with E-state index in [1.165, 1.54) is 13.0 Å². The van der Waals surface area contributed by atoms with Crippen LogP contribution in [0.3, 0.4) is 0 Å². The highest BCUT2D eigenvalue weighted by Crippen LogP contribution is 2.28. The third-order valence-corrected chi connectivity index (χ3v) is 4.56. The molecule has 134 valence electrons. The maximum atomic E-state index is 13.6. The fourth-order valence-electron chi connectivity index (χ4n) is 3.38. The highest BCUT2D eigenvalue weighted by Gasteiger charge is 2.26. The molecule has 1 fully saturated rings. The number of amides is 1. The lowest BCUT2D eigenvalue weighted by atomic mass is 10.0. The molecule has 1 aromatic heterocycles. The van der Waals surface area contributed by atoms with Crippen molar-refractivity contribution in [2.75, 3.05) is 0 Å². The van der Waals surface area contributed by atoms with Gasteiger partial charge < -0.3 is 9.73 Å². The van der Waals surface area contributed by atoms with Crippen molar-refractivity contribution in [2.24, 2.45) is 5.92 Å². The molecule has 1 heterocycles. The lowest BCUT2D eigenvalue weighted by Crippen LogP contribution is -2.30. The van der Waals surface area contributed by atoms with E-state index in [0.717, 1.165) is 25.3 Å². The second-order valence-electron chi connectivity index (χ2n) is 6.58. The number of aromatic nitrogens is 2. The van der Waals surface area contributed by atoms with Crippen LogP contribution in [0.2, 0.25) is 0 Å². The molecule has 25 heavy (non-hydrogen) atoms. The van der Waals surface area contributed by atoms with Gasteiger partial charge in [0, 0.05) is 25.8 Å². The second kappa shape index (κ2) is 7.72. The number of hydrogen-bond donors (Lipinski definition) is 1. The van der Waals surface area contributed by atoms with Gasteiger partial charge in [0.1, 0.15) is 0 Å². The smallest absolute Gasteiger partial charge is 0.217 e. The highest BCUT2D eigenvalue weighted by atomic mass is 19.2. The minimum atomic E-state index is -0.848. The van der Waals surface area contributed by atoms with Crippen LogP contribution in [0.15, 0.2) is 22.6 Å². The number of nitrogens with zero attached hydrogens (tertiary/aromatic N) is 2. The van der Waals surface area contributed by atoms with E-state index >= 15 is 0 Å². The summed E-state index contributed by atoms with van der Waals surface area (Å²) >= 11 is 0. The van der Waals surface area contributed by atoms with Crippen molar-refractivity contribution >= 4 is 5.91 Å². The van der Waals surface area contributed by atoms with Gasteiger partial charge in [0.15, 0.2) is 11.6 Å². The minimum absolute atomic E-state index is 0.00434. The predicted molar refractivity (Wildman–Crippen MR) is 86.7 cm³/mol. The van der Waals surface area contributed by atoms with Crippen LogP contribution >= 0.6 is 0 Å². The zero-order valence-corrected chi connectivity index (χ0v) is 14.1. The molecule has 1 saturated carbocycles. The molecule has 0 spiro atoms. The van der Waals surface area contributed by atoms with Gasteiger partial charge in [-0.3, -0.25) is 4.79 Å². The zero-order valence-electron chi connectivity index (χ0n) is 14.1. The average molecular weight is 349 g/mol. The Morgan fingerprint density at radius 2 is 2.04 bits per heavy atom. The normalized spacial score (nSPS) is 20.0. The van der Waals surface area contributed by atoms with Crippen LogP contribution < -0.4 is 5.32 Å². The second-order valence-corrected chi connectivity index (χ2v) is 6.58. The first kappa shape index (κ1) is 17.5. The summed E-state index contributed by atoms with van der Waals surface area (Å²) in [6.07, 6.45) is 4.23. The molecule has 1 N–H and O–H groups in total. The largest absolute Gasteiger partial charge is 0.425 e. The summed E-state index contributed by atoms with van der Waals surface area (Å²) in [6.45, 7) is 1.53. The fourth-order valence-corrected chi connectivity index (χ4v) is 3.38. The molecule has 0 bridgehead atoms. The van der Waals surface area contributed by atoms with Gasteiger partial charge in [-0.15, -0.1) is 10.2 Å². The topological polar surface area (TPSA) is 68.0 Å². The molecule has 0 radical (unpaired) electrons. The maximum Gasteiger partial charge on any atom is 0.217 e. The molecule has 2 atom stereocenters. The molecular weight excluding hydrogens is 328 g/mol. The van der Waals surface area contributed by atoms with Crippen LogP contribution in [0.5, 0.6) is 0 Å². The number of nitrogens with one attached hydrogen (secondary N) is 1. The number of carbonyl (C=O) groups excluding carboxylic acids is 1. The summed E-state index contributed by atoms with van der Waals surface area (Å²) < 4.78 is 32.5. The first-order valence-corrected chi connectivity index (χ1v) is 8.52. The molecule has 0 aliphatic heterocycles. The Bertz CT molecular complexity index is 748. The van der Waals surface area contributed by atoms with Gasteiger partial charge in [-0.1, -0.05) is 12.1 Å². The number of benzene rings is 1. The van der Waals surface area contributed by atoms with Crippen molar-refractivity contribution in [2.45, 2.75) is 51.5 Å². The number of halogens is 2. The fraction of sp³-hybridized carbons (Fsp3) is 0.500. The Hall–Kier alpha value is -2.31. The molecule has 0 unspecified atom stereocenters. The van der Waals surface area contributed by atoms with E-state index in [4.69, 9.17) is 4.42 Å². The molecule has 2 aromatic rings. The van der Waals surface area contributed by atoms with Gasteiger partial charge in [-0.05, 0) is 43.2 Å². The van der Waals surface area contributed by atoms with Crippen molar-refractivity contribution < 1.29 is 18.0 Å². The number of hydrogen-bond acceptors (Lipinski definition) is 4. The van der Waals surface area contributed by atoms with Gasteiger partial charge >= 0.3 is 0 Å². The Morgan fingerprint density at radius 3 is 2.84 bits per heavy atom. The maximum absolute atomic E-state index is 13.6. The van der Waals surface area contributed by atoms with Crippen LogP contribution in [0.25, 0.3) is 0 Å². The quantitative estimate of drug-likeness (QED) is 0.871. The standard InChI is InChI=1S/C18H21F2N3O2/c1-11(24)21-14-7-5-12(9-14)10-17-23-22-16(25-17)8-6-13-3-2-4-15(19)18(13)20/h2-4,12,14H,5-10H2,1H3,(H,21,24)/t12-,14+/m1/s1. The van der Waals surface area contributed by atoms with Gasteiger partial charge in [0.2, 0.25) is 17.7 Å². The Balaban J connectivity index is 1.51. The molecule has 7 heteroatoms. The molecule has 1 aromatic carbocycles. The van der Waals surface area contributed by atoms with E-state index in [-0.39, 0.29) is 11.9 Å². The predicted octanol–water partition coefficient (Wildman–Crippen LogP) is 2.98. The highest BCUT2D eigenvalue weighted by molar-refractivity contribution is 5.73. The first-order chi connectivity index (χ1) is 12.0. The third kappa shape index (κ3) is 4.61. The lowest BCUT2D eigenvalue weighted by Gasteiger charge is -2.10. The Morgan fingerprint density at radius 1 is 1.24 bits per heavy atom. The Kier molecular flexibility index (Phi) is 5.40. The SMILES string of the molecule is CC(=O)N[C@H]1CC[C@@H](Cc2nnc(CCc3cccc(F)c3F)o2)C1. The van der Waals surface area contributed by atoms with E-state index in [1.807, 2.05) is 0 Å². The van der Waals surface area contributed by atoms with Gasteiger partial charge in [-0.2, -0.15) is 0 Å². The molecule has 0 saturated heterocycles. The van der Waals surface area contributed by atoms with Gasteiger partial charge in [-0.25, -0.2) is 8.78 Å². The van der Waals surface area contributed by atoms with Gasteiger partial charge in [0.25, 0.3) is 0 Å². The molecule has 1 amide bonds. The van der Waals surface area contributed by atoms with E-state index in [1.54, 1.807) is 6.07 Å². The first-order valence-electron chi connectivity index (χ1n) is 8.52. The third-order valence-electron chi connectivity index (χ3n) is 4.56. The molecular formula is C18H21F2N3O2. The van der Waals surface area contributed by atoms with Crippen molar-refractivity contribution in [1.82, 2.24) is 15.5 Å². The van der Waals surface area contributed by atoms with E-state index < -0.39 is 11.6 Å². The van der Waals surface area contributed by atoms with E-state index in [0.29, 0.717) is 42.5 Å². The number of aryl methyl sites for hydroxylation is 2. The minimum Gasteiger partial charge on any atom is -0.425 e. The molecule has 3 rings (SSSR count). The molecule has 1 aliphatic carbocycles. The van der Waals surface area contributed by atoms with Crippen molar-refractivity contribution in [3.63, 3.8) is 0 Å². The van der Waals surface area contributed by atoms with Crippen LogP contribution in [0, 0.1) is 17.6 Å². The summed E-state index contributed by atoms with van der Waals surface area (Å²) in [7, 11) is 0. The average Bonchev–Trinajstić information content (AvgIpc) is 3.18. The van der Waals surface area contributed by atoms with Crippen LogP contribution in [-0.4, -0.2) is 22.1 Å². The van der Waals surface area contributed by atoms with Crippen LogP contribution in [-0.2, 0) is 24.1 Å². The van der Waals surface area contributed by atoms with Crippen molar-refractivity contribution in [3.05, 3.63) is 47.2 Å². The van der Waals surface area contributed by atoms with Gasteiger partial charge in [0.05, 0.1) is 0 Å². The number of rotatable bonds is 6. The molecule has 1 aliphatic rings. The van der Waals surface area contributed by atoms with Crippen molar-refractivity contribution in [1.29, 1.82) is 0 Å². The number of carbonyl (C=O) groups is 1. The summed E-state index contributed by atoms with van der Waals surface area (Å²) in [5.74, 6) is -0.282. The van der Waals surface area contributed by atoms with Crippen LogP contribution in [0.4, 0.5) is 8.78 Å². The zero-order chi connectivity index (χ0) is 17.8. The summed E-state index contributed by atoms with van der Waals surface area (Å²) in [4.78, 5) is 11.1. The Labute approximate surface area is 144 Å². The van der Waals surface area contributed by atoms with Crippen LogP contribution in [0.1, 0.15) is 43.5 Å². The van der Waals surface area contributed by atoms with E-state index in [2.05, 4.69) is 15.5 Å². The summed E-state index contributed by atoms with van der Waals surface area (Å²) in [6, 6.07) is 4.36. The van der Waals surface area contributed by atoms with E-state index in [9.17, 15) is 13.6 Å². The summed E-state index contributed by atoms with van der Waals surface area (Å²) in [5, 5.41) is 11.0. The summed E-state index contributed by atoms with van der Waals surface area (Å²) in [5.41, 5.74) is 0.300. The molecule has 5 nitrogen and oxygen atoms in total. The monoisotopic (exact) mass is 349 g/mol. The van der Waals surface area contributed by atoms with Crippen molar-refractivity contribution in [3.8, 4) is 0 Å². The lowest BCUT2D eigenvalue weighted by molar-refractivity contribution is -0.119.